The van der Waals surface area contributed by atoms with E-state index >= 15 is 0 Å². The van der Waals surface area contributed by atoms with Gasteiger partial charge in [0.25, 0.3) is 0 Å². The number of alkyl halides is 1. The van der Waals surface area contributed by atoms with E-state index in [1.54, 1.807) is 32.0 Å². The molecule has 3 rings (SSSR count). The van der Waals surface area contributed by atoms with Gasteiger partial charge in [-0.25, -0.2) is 9.36 Å². The number of carbonyl (C=O) groups is 1. The molecule has 15 heteroatoms. The maximum Gasteiger partial charge on any atom is 0.459 e. The monoisotopic (exact) mass is 588 g/mol. The van der Waals surface area contributed by atoms with Gasteiger partial charge in [-0.1, -0.05) is 35.7 Å². The second-order valence-corrected chi connectivity index (χ2v) is 11.0. The number of nitrogen functional groups attached to an aromatic ring is 1. The summed E-state index contributed by atoms with van der Waals surface area (Å²) in [7, 11) is -4.28. The Kier molecular flexibility index (Phi) is 9.84. The molecule has 2 unspecified atom stereocenters. The fraction of sp³-hybridized carbons (Fsp3) is 0.435. The van der Waals surface area contributed by atoms with Gasteiger partial charge in [0.05, 0.1) is 12.7 Å². The highest BCUT2D eigenvalue weighted by molar-refractivity contribution is 7.52. The predicted octanol–water partition coefficient (Wildman–Crippen LogP) is 2.39. The molecule has 1 fully saturated rings. The number of nitrogens with two attached hydrogens (primary N) is 1. The van der Waals surface area contributed by atoms with Crippen LogP contribution in [0.2, 0.25) is 0 Å². The Morgan fingerprint density at radius 1 is 1.34 bits per heavy atom. The Morgan fingerprint density at radius 2 is 2.03 bits per heavy atom. The lowest BCUT2D eigenvalue weighted by Gasteiger charge is -2.26. The van der Waals surface area contributed by atoms with Gasteiger partial charge in [0, 0.05) is 11.6 Å². The normalized spacial score (nSPS) is 25.2. The van der Waals surface area contributed by atoms with Gasteiger partial charge < -0.3 is 24.8 Å². The lowest BCUT2D eigenvalue weighted by molar-refractivity contribution is -0.149. The minimum Gasteiger partial charge on any atom is -0.462 e. The van der Waals surface area contributed by atoms with Crippen LogP contribution in [-0.2, 0) is 23.4 Å². The molecule has 1 aliphatic heterocycles. The molecule has 2 heterocycles. The van der Waals surface area contributed by atoms with Crippen LogP contribution in [0.3, 0.4) is 0 Å². The van der Waals surface area contributed by atoms with Crippen molar-refractivity contribution in [1.29, 1.82) is 0 Å². The number of hydrogen-bond acceptors (Lipinski definition) is 10. The molecular formula is C23H27Cl2N4O8P. The standard InChI is InChI=1S/C23H27Cl2N4O8P/c1-14(2)35-20(31)15(3)28-38(33,37-16-7-5-4-6-8-16)34-13-17-19(30)23(25,10-11-24)21(36-17)29-12-9-18(26)27-22(29)32/h4-9,12,14-15,17,19,21,30H,13H2,1-3H3,(H,28,33)(H2,26,27,32)/t15-,17+,19?,21+,23+,38?/m0/s1. The van der Waals surface area contributed by atoms with Crippen LogP contribution < -0.4 is 21.0 Å². The largest absolute Gasteiger partial charge is 0.462 e. The van der Waals surface area contributed by atoms with Gasteiger partial charge >= 0.3 is 19.4 Å². The van der Waals surface area contributed by atoms with Gasteiger partial charge in [-0.15, -0.1) is 0 Å². The van der Waals surface area contributed by atoms with E-state index in [0.29, 0.717) is 0 Å². The third-order valence-electron chi connectivity index (χ3n) is 5.22. The number of halogens is 2. The molecule has 1 aliphatic rings. The molecule has 12 nitrogen and oxygen atoms in total. The van der Waals surface area contributed by atoms with Crippen LogP contribution in [0.4, 0.5) is 5.82 Å². The van der Waals surface area contributed by atoms with Gasteiger partial charge in [-0.05, 0) is 50.6 Å². The molecule has 1 aromatic carbocycles. The highest BCUT2D eigenvalue weighted by Crippen LogP contribution is 2.48. The molecule has 38 heavy (non-hydrogen) atoms. The number of para-hydroxylation sites is 1. The first-order valence-electron chi connectivity index (χ1n) is 11.4. The van der Waals surface area contributed by atoms with E-state index in [4.69, 9.17) is 47.5 Å². The molecule has 0 amide bonds. The van der Waals surface area contributed by atoms with Crippen molar-refractivity contribution in [3.8, 4) is 17.0 Å². The molecular weight excluding hydrogens is 562 g/mol. The second kappa shape index (κ2) is 12.5. The average molecular weight is 589 g/mol. The van der Waals surface area contributed by atoms with E-state index in [0.717, 1.165) is 4.57 Å². The number of rotatable bonds is 10. The molecule has 0 saturated carbocycles. The van der Waals surface area contributed by atoms with Crippen molar-refractivity contribution in [1.82, 2.24) is 14.6 Å². The first-order chi connectivity index (χ1) is 17.9. The molecule has 0 aliphatic carbocycles. The summed E-state index contributed by atoms with van der Waals surface area (Å²) in [6, 6.07) is 8.32. The number of carbonyl (C=O) groups excluding carboxylic acids is 1. The van der Waals surface area contributed by atoms with Gasteiger partial charge in [0.1, 0.15) is 29.8 Å². The van der Waals surface area contributed by atoms with E-state index in [9.17, 15) is 19.3 Å². The van der Waals surface area contributed by atoms with E-state index in [2.05, 4.69) is 21.4 Å². The number of nitrogens with zero attached hydrogens (tertiary/aromatic N) is 2. The summed E-state index contributed by atoms with van der Waals surface area (Å²) < 4.78 is 36.8. The van der Waals surface area contributed by atoms with Crippen LogP contribution in [0.15, 0.2) is 47.4 Å². The number of aliphatic hydroxyl groups is 1. The van der Waals surface area contributed by atoms with Crippen LogP contribution in [0.25, 0.3) is 0 Å². The highest BCUT2D eigenvalue weighted by Gasteiger charge is 2.56. The number of aromatic nitrogens is 2. The molecule has 6 atom stereocenters. The topological polar surface area (TPSA) is 164 Å². The molecule has 0 spiro atoms. The average Bonchev–Trinajstić information content (AvgIpc) is 3.08. The van der Waals surface area contributed by atoms with Crippen LogP contribution >= 0.6 is 30.9 Å². The molecule has 206 valence electrons. The van der Waals surface area contributed by atoms with Crippen molar-refractivity contribution in [3.63, 3.8) is 0 Å². The van der Waals surface area contributed by atoms with E-state index in [1.807, 2.05) is 0 Å². The predicted molar refractivity (Wildman–Crippen MR) is 139 cm³/mol. The van der Waals surface area contributed by atoms with Crippen molar-refractivity contribution in [2.45, 2.75) is 56.2 Å². The summed E-state index contributed by atoms with van der Waals surface area (Å²) in [6.45, 7) is 4.20. The lowest BCUT2D eigenvalue weighted by atomic mass is 9.99. The summed E-state index contributed by atoms with van der Waals surface area (Å²) in [5.74, 6) is 1.90. The van der Waals surface area contributed by atoms with E-state index in [1.165, 1.54) is 31.3 Å². The number of aliphatic hydroxyl groups excluding tert-OH is 1. The minimum absolute atomic E-state index is 0.0385. The van der Waals surface area contributed by atoms with Crippen molar-refractivity contribution in [3.05, 3.63) is 53.1 Å². The first kappa shape index (κ1) is 29.9. The van der Waals surface area contributed by atoms with Crippen molar-refractivity contribution in [2.75, 3.05) is 12.3 Å². The molecule has 2 aromatic rings. The quantitative estimate of drug-likeness (QED) is 0.161. The molecule has 4 N–H and O–H groups in total. The zero-order chi connectivity index (χ0) is 28.1. The maximum absolute atomic E-state index is 13.7. The third-order valence-corrected chi connectivity index (χ3v) is 7.47. The molecule has 1 saturated heterocycles. The number of hydrogen-bond donors (Lipinski definition) is 3. The van der Waals surface area contributed by atoms with Crippen LogP contribution in [0, 0.1) is 11.3 Å². The Bertz CT molecular complexity index is 1300. The first-order valence-corrected chi connectivity index (χ1v) is 13.7. The fourth-order valence-corrected chi connectivity index (χ4v) is 5.52. The number of anilines is 1. The van der Waals surface area contributed by atoms with Gasteiger partial charge in [-0.2, -0.15) is 10.1 Å². The van der Waals surface area contributed by atoms with Gasteiger partial charge in [0.15, 0.2) is 11.1 Å². The van der Waals surface area contributed by atoms with Crippen LogP contribution in [0.1, 0.15) is 27.0 Å². The number of benzene rings is 1. The number of nitrogens with one attached hydrogen (secondary N) is 1. The van der Waals surface area contributed by atoms with E-state index < -0.39 is 61.5 Å². The van der Waals surface area contributed by atoms with Gasteiger partial charge in [-0.3, -0.25) is 13.9 Å². The highest BCUT2D eigenvalue weighted by atomic mass is 35.5. The molecule has 1 aromatic heterocycles. The smallest absolute Gasteiger partial charge is 0.459 e. The Hall–Kier alpha value is -2.62. The molecule has 0 radical (unpaired) electrons. The van der Waals surface area contributed by atoms with Crippen LogP contribution in [-0.4, -0.2) is 56.5 Å². The van der Waals surface area contributed by atoms with Gasteiger partial charge in [0.2, 0.25) is 0 Å². The minimum atomic E-state index is -4.28. The zero-order valence-electron chi connectivity index (χ0n) is 20.6. The van der Waals surface area contributed by atoms with Crippen molar-refractivity contribution >= 4 is 42.7 Å². The summed E-state index contributed by atoms with van der Waals surface area (Å²) in [4.78, 5) is 26.5. The molecule has 0 bridgehead atoms. The fourth-order valence-electron chi connectivity index (χ4n) is 3.47. The Morgan fingerprint density at radius 3 is 2.63 bits per heavy atom. The Labute approximate surface area is 228 Å². The number of ether oxygens (including phenoxy) is 2. The third kappa shape index (κ3) is 7.07. The van der Waals surface area contributed by atoms with Crippen molar-refractivity contribution in [2.24, 2.45) is 0 Å². The van der Waals surface area contributed by atoms with Crippen molar-refractivity contribution < 1.29 is 33.0 Å². The Balaban J connectivity index is 1.86. The summed E-state index contributed by atoms with van der Waals surface area (Å²) in [5, 5.41) is 15.6. The summed E-state index contributed by atoms with van der Waals surface area (Å²) >= 11 is 12.2. The number of esters is 1. The summed E-state index contributed by atoms with van der Waals surface area (Å²) in [5.41, 5.74) is 4.73. The maximum atomic E-state index is 13.7. The van der Waals surface area contributed by atoms with Crippen LogP contribution in [0.5, 0.6) is 5.75 Å². The zero-order valence-corrected chi connectivity index (χ0v) is 23.0. The SMILES string of the molecule is CC(C)OC(=O)[C@H](C)NP(=O)(OC[C@H]1O[C@@H](n2ccc(N)nc2=O)[C@@](Cl)(C#CCl)C1O)Oc1ccccc1. The lowest BCUT2D eigenvalue weighted by Crippen LogP contribution is -2.43. The summed E-state index contributed by atoms with van der Waals surface area (Å²) in [6.07, 6.45) is -3.37. The second-order valence-electron chi connectivity index (χ2n) is 8.54. The van der Waals surface area contributed by atoms with E-state index in [-0.39, 0.29) is 11.6 Å².